The van der Waals surface area contributed by atoms with Crippen LogP contribution >= 0.6 is 23.1 Å². The fourth-order valence-electron chi connectivity index (χ4n) is 3.12. The van der Waals surface area contributed by atoms with Crippen LogP contribution in [0.5, 0.6) is 0 Å². The van der Waals surface area contributed by atoms with Gasteiger partial charge in [-0.05, 0) is 18.2 Å². The predicted octanol–water partition coefficient (Wildman–Crippen LogP) is 4.35. The molecule has 4 rings (SSSR count). The van der Waals surface area contributed by atoms with Gasteiger partial charge in [-0.3, -0.25) is 24.6 Å². The Kier molecular flexibility index (Phi) is 6.28. The van der Waals surface area contributed by atoms with E-state index in [-0.39, 0.29) is 30.2 Å². The van der Waals surface area contributed by atoms with Gasteiger partial charge in [0.05, 0.1) is 15.1 Å². The van der Waals surface area contributed by atoms with E-state index in [9.17, 15) is 19.7 Å². The number of hydrogen-bond acceptors (Lipinski definition) is 8. The molecule has 0 aliphatic carbocycles. The number of nitrogens with zero attached hydrogens (tertiary/aromatic N) is 4. The number of rotatable bonds is 7. The van der Waals surface area contributed by atoms with Gasteiger partial charge in [0.1, 0.15) is 10.9 Å². The number of thiazole rings is 1. The average molecular weight is 468 g/mol. The van der Waals surface area contributed by atoms with Gasteiger partial charge in [0.15, 0.2) is 5.17 Å². The highest BCUT2D eigenvalue weighted by atomic mass is 32.2. The number of carbonyl (C=O) groups is 2. The number of para-hydroxylation sites is 3. The molecule has 0 unspecified atom stereocenters. The topological polar surface area (TPSA) is 118 Å². The number of aliphatic imine (C=N–C) groups is 1. The average Bonchev–Trinajstić information content (AvgIpc) is 3.30. The van der Waals surface area contributed by atoms with E-state index in [0.717, 1.165) is 10.2 Å². The molecule has 0 radical (unpaired) electrons. The summed E-state index contributed by atoms with van der Waals surface area (Å²) < 4.78 is 0.983. The summed E-state index contributed by atoms with van der Waals surface area (Å²) in [6, 6.07) is 13.5. The molecule has 0 saturated carbocycles. The molecule has 0 bridgehead atoms. The first-order valence-electron chi connectivity index (χ1n) is 9.52. The van der Waals surface area contributed by atoms with Crippen LogP contribution in [-0.4, -0.2) is 43.6 Å². The normalized spacial score (nSPS) is 17.1. The maximum atomic E-state index is 12.9. The fourth-order valence-corrected chi connectivity index (χ4v) is 5.16. The van der Waals surface area contributed by atoms with Gasteiger partial charge in [-0.15, -0.1) is 6.58 Å². The van der Waals surface area contributed by atoms with E-state index in [1.165, 1.54) is 46.2 Å². The fraction of sp³-hybridized carbons (Fsp3) is 0.143. The maximum absolute atomic E-state index is 12.9. The van der Waals surface area contributed by atoms with E-state index in [2.05, 4.69) is 21.9 Å². The summed E-state index contributed by atoms with van der Waals surface area (Å²) >= 11 is 2.58. The minimum Gasteiger partial charge on any atom is -0.320 e. The summed E-state index contributed by atoms with van der Waals surface area (Å²) in [6.45, 7) is 3.94. The summed E-state index contributed by atoms with van der Waals surface area (Å²) in [6.07, 6.45) is 1.43. The summed E-state index contributed by atoms with van der Waals surface area (Å²) in [5, 5.41) is 13.9. The Morgan fingerprint density at radius 2 is 2.03 bits per heavy atom. The monoisotopic (exact) mass is 467 g/mol. The first-order valence-corrected chi connectivity index (χ1v) is 11.2. The number of anilines is 1. The highest BCUT2D eigenvalue weighted by Gasteiger charge is 2.39. The number of nitro benzene ring substituents is 1. The lowest BCUT2D eigenvalue weighted by Crippen LogP contribution is -2.33. The largest absolute Gasteiger partial charge is 0.320 e. The third-order valence-corrected chi connectivity index (χ3v) is 6.66. The van der Waals surface area contributed by atoms with Crippen LogP contribution in [0.25, 0.3) is 10.2 Å². The van der Waals surface area contributed by atoms with Crippen LogP contribution in [0.4, 0.5) is 16.5 Å². The molecule has 2 aromatic carbocycles. The number of hydrogen-bond donors (Lipinski definition) is 1. The van der Waals surface area contributed by atoms with Gasteiger partial charge in [-0.2, -0.15) is 4.99 Å². The number of carbonyl (C=O) groups excluding carboxylic acids is 2. The summed E-state index contributed by atoms with van der Waals surface area (Å²) in [5.74, 6) is -0.766. The van der Waals surface area contributed by atoms with Crippen molar-refractivity contribution in [3.8, 4) is 0 Å². The molecule has 2 heterocycles. The number of amides is 2. The molecule has 1 fully saturated rings. The first kappa shape index (κ1) is 21.7. The second kappa shape index (κ2) is 9.28. The van der Waals surface area contributed by atoms with Crippen LogP contribution in [0.2, 0.25) is 0 Å². The Balaban J connectivity index is 1.52. The minimum absolute atomic E-state index is 0.0873. The molecule has 2 amide bonds. The standard InChI is InChI=1S/C21H17N5O4S2/c1-2-11-25-19(28)17(12-18(27)22-13-7-3-5-9-15(13)26(29)30)32-21(25)24-20-23-14-8-4-6-10-16(14)31-20/h2-10,17H,1,11-12H2,(H,22,27)/t17-/m0/s1. The zero-order valence-electron chi connectivity index (χ0n) is 16.6. The Hall–Kier alpha value is -3.57. The van der Waals surface area contributed by atoms with Crippen molar-refractivity contribution in [2.45, 2.75) is 11.7 Å². The molecule has 11 heteroatoms. The highest BCUT2D eigenvalue weighted by molar-refractivity contribution is 8.15. The van der Waals surface area contributed by atoms with Crippen LogP contribution in [-0.2, 0) is 9.59 Å². The minimum atomic E-state index is -0.703. The highest BCUT2D eigenvalue weighted by Crippen LogP contribution is 2.34. The third-order valence-electron chi connectivity index (χ3n) is 4.55. The lowest BCUT2D eigenvalue weighted by molar-refractivity contribution is -0.383. The lowest BCUT2D eigenvalue weighted by atomic mass is 10.2. The van der Waals surface area contributed by atoms with Crippen LogP contribution in [0, 0.1) is 10.1 Å². The molecule has 0 spiro atoms. The van der Waals surface area contributed by atoms with Crippen molar-refractivity contribution in [1.82, 2.24) is 9.88 Å². The zero-order valence-corrected chi connectivity index (χ0v) is 18.3. The van der Waals surface area contributed by atoms with E-state index < -0.39 is 16.1 Å². The van der Waals surface area contributed by atoms with Crippen molar-refractivity contribution >= 4 is 66.8 Å². The van der Waals surface area contributed by atoms with Crippen LogP contribution in [0.3, 0.4) is 0 Å². The number of nitrogens with one attached hydrogen (secondary N) is 1. The number of thioether (sulfide) groups is 1. The number of nitro groups is 1. The van der Waals surface area contributed by atoms with Crippen molar-refractivity contribution in [2.75, 3.05) is 11.9 Å². The molecule has 32 heavy (non-hydrogen) atoms. The second-order valence-corrected chi connectivity index (χ2v) is 8.91. The molecular formula is C21H17N5O4S2. The Labute approximate surface area is 191 Å². The van der Waals surface area contributed by atoms with Crippen LogP contribution in [0.1, 0.15) is 6.42 Å². The molecule has 9 nitrogen and oxygen atoms in total. The number of benzene rings is 2. The smallest absolute Gasteiger partial charge is 0.292 e. The van der Waals surface area contributed by atoms with Crippen molar-refractivity contribution in [3.63, 3.8) is 0 Å². The van der Waals surface area contributed by atoms with Crippen molar-refractivity contribution in [1.29, 1.82) is 0 Å². The van der Waals surface area contributed by atoms with Crippen molar-refractivity contribution in [3.05, 3.63) is 71.3 Å². The second-order valence-electron chi connectivity index (χ2n) is 6.73. The maximum Gasteiger partial charge on any atom is 0.292 e. The molecule has 3 aromatic rings. The molecule has 1 aliphatic rings. The molecule has 1 aromatic heterocycles. The van der Waals surface area contributed by atoms with E-state index in [1.807, 2.05) is 24.3 Å². The molecule has 1 N–H and O–H groups in total. The first-order chi connectivity index (χ1) is 15.5. The van der Waals surface area contributed by atoms with Gasteiger partial charge < -0.3 is 5.32 Å². The van der Waals surface area contributed by atoms with Gasteiger partial charge in [-0.1, -0.05) is 53.4 Å². The SMILES string of the molecule is C=CCN1C(=O)[C@H](CC(=O)Nc2ccccc2[N+](=O)[O-])SC1=Nc1nc2ccccc2s1. The number of aromatic nitrogens is 1. The van der Waals surface area contributed by atoms with Crippen LogP contribution in [0.15, 0.2) is 66.2 Å². The van der Waals surface area contributed by atoms with Gasteiger partial charge in [0, 0.05) is 19.0 Å². The Morgan fingerprint density at radius 1 is 1.28 bits per heavy atom. The third kappa shape index (κ3) is 4.53. The van der Waals surface area contributed by atoms with E-state index in [0.29, 0.717) is 10.3 Å². The van der Waals surface area contributed by atoms with Gasteiger partial charge in [0.2, 0.25) is 16.9 Å². The Morgan fingerprint density at radius 3 is 2.78 bits per heavy atom. The van der Waals surface area contributed by atoms with Gasteiger partial charge >= 0.3 is 0 Å². The summed E-state index contributed by atoms with van der Waals surface area (Å²) in [7, 11) is 0. The molecule has 1 aliphatic heterocycles. The van der Waals surface area contributed by atoms with E-state index in [4.69, 9.17) is 0 Å². The molecular weight excluding hydrogens is 450 g/mol. The quantitative estimate of drug-likeness (QED) is 0.314. The lowest BCUT2D eigenvalue weighted by Gasteiger charge is -2.13. The molecule has 162 valence electrons. The van der Waals surface area contributed by atoms with E-state index >= 15 is 0 Å². The Bertz CT molecular complexity index is 1220. The van der Waals surface area contributed by atoms with Gasteiger partial charge in [-0.25, -0.2) is 4.98 Å². The van der Waals surface area contributed by atoms with Crippen molar-refractivity contribution < 1.29 is 14.5 Å². The number of amidine groups is 1. The van der Waals surface area contributed by atoms with Gasteiger partial charge in [0.25, 0.3) is 5.69 Å². The number of fused-ring (bicyclic) bond motifs is 1. The summed E-state index contributed by atoms with van der Waals surface area (Å²) in [5.41, 5.74) is 0.698. The molecule has 1 atom stereocenters. The zero-order chi connectivity index (χ0) is 22.7. The molecule has 1 saturated heterocycles. The predicted molar refractivity (Wildman–Crippen MR) is 126 cm³/mol. The van der Waals surface area contributed by atoms with Crippen molar-refractivity contribution in [2.24, 2.45) is 4.99 Å². The van der Waals surface area contributed by atoms with Crippen LogP contribution < -0.4 is 5.32 Å². The summed E-state index contributed by atoms with van der Waals surface area (Å²) in [4.78, 5) is 46.5. The van der Waals surface area contributed by atoms with E-state index in [1.54, 1.807) is 12.1 Å².